The molecule has 28 heavy (non-hydrogen) atoms. The number of nitrogens with two attached hydrogens (primary N) is 1. The van der Waals surface area contributed by atoms with Gasteiger partial charge in [-0.3, -0.25) is 0 Å². The molecular weight excluding hydrogens is 352 g/mol. The van der Waals surface area contributed by atoms with Crippen LogP contribution in [0.5, 0.6) is 0 Å². The van der Waals surface area contributed by atoms with E-state index < -0.39 is 5.97 Å². The van der Waals surface area contributed by atoms with Gasteiger partial charge in [0.25, 0.3) is 0 Å². The van der Waals surface area contributed by atoms with Crippen molar-refractivity contribution in [2.45, 2.75) is 27.0 Å². The zero-order valence-corrected chi connectivity index (χ0v) is 15.9. The number of para-hydroxylation sites is 2. The Balaban J connectivity index is 1.80. The largest absolute Gasteiger partial charge is 0.457 e. The highest BCUT2D eigenvalue weighted by Crippen LogP contribution is 2.29. The quantitative estimate of drug-likeness (QED) is 0.530. The van der Waals surface area contributed by atoms with Crippen LogP contribution >= 0.6 is 0 Å². The molecule has 0 saturated carbocycles. The van der Waals surface area contributed by atoms with Gasteiger partial charge in [0.15, 0.2) is 5.65 Å². The van der Waals surface area contributed by atoms with Crippen molar-refractivity contribution in [1.29, 1.82) is 0 Å². The molecule has 6 nitrogen and oxygen atoms in total. The van der Waals surface area contributed by atoms with E-state index in [4.69, 9.17) is 15.5 Å². The minimum absolute atomic E-state index is 0.178. The second-order valence-corrected chi connectivity index (χ2v) is 7.21. The third-order valence-electron chi connectivity index (χ3n) is 4.56. The average molecular weight is 374 g/mol. The molecule has 0 amide bonds. The molecule has 0 spiro atoms. The predicted octanol–water partition coefficient (Wildman–Crippen LogP) is 4.18. The number of carbonyl (C=O) groups is 1. The van der Waals surface area contributed by atoms with Crippen LogP contribution in [0.15, 0.2) is 54.6 Å². The Kier molecular flexibility index (Phi) is 4.69. The molecule has 0 saturated heterocycles. The van der Waals surface area contributed by atoms with Crippen molar-refractivity contribution >= 4 is 34.0 Å². The minimum Gasteiger partial charge on any atom is -0.457 e. The van der Waals surface area contributed by atoms with Gasteiger partial charge in [-0.15, -0.1) is 0 Å². The summed E-state index contributed by atoms with van der Waals surface area (Å²) in [6.45, 7) is 5.00. The van der Waals surface area contributed by atoms with Gasteiger partial charge in [-0.2, -0.15) is 0 Å². The molecule has 0 aliphatic rings. The normalized spacial score (nSPS) is 11.4. The summed E-state index contributed by atoms with van der Waals surface area (Å²) in [6, 6.07) is 17.1. The van der Waals surface area contributed by atoms with Crippen LogP contribution in [0.4, 0.5) is 5.82 Å². The summed E-state index contributed by atoms with van der Waals surface area (Å²) >= 11 is 0. The van der Waals surface area contributed by atoms with Gasteiger partial charge in [0.1, 0.15) is 23.5 Å². The van der Waals surface area contributed by atoms with E-state index in [2.05, 4.69) is 18.8 Å². The number of carbonyl (C=O) groups excluding carboxylic acids is 1. The first-order chi connectivity index (χ1) is 13.5. The average Bonchev–Trinajstić information content (AvgIpc) is 2.95. The number of benzene rings is 2. The van der Waals surface area contributed by atoms with Gasteiger partial charge >= 0.3 is 5.97 Å². The summed E-state index contributed by atoms with van der Waals surface area (Å²) in [4.78, 5) is 22.3. The molecule has 4 rings (SSSR count). The van der Waals surface area contributed by atoms with Crippen LogP contribution in [0.2, 0.25) is 0 Å². The fourth-order valence-electron chi connectivity index (χ4n) is 3.26. The lowest BCUT2D eigenvalue weighted by Crippen LogP contribution is -2.12. The van der Waals surface area contributed by atoms with E-state index in [-0.39, 0.29) is 12.2 Å². The highest BCUT2D eigenvalue weighted by molar-refractivity contribution is 6.08. The highest BCUT2D eigenvalue weighted by Gasteiger charge is 2.25. The number of ether oxygens (including phenoxy) is 1. The van der Waals surface area contributed by atoms with Crippen molar-refractivity contribution in [2.24, 2.45) is 5.92 Å². The first-order valence-corrected chi connectivity index (χ1v) is 9.30. The molecule has 0 radical (unpaired) electrons. The third-order valence-corrected chi connectivity index (χ3v) is 4.56. The molecule has 2 aromatic carbocycles. The lowest BCUT2D eigenvalue weighted by atomic mass is 10.2. The number of hydrogen-bond donors (Lipinski definition) is 1. The van der Waals surface area contributed by atoms with Crippen LogP contribution in [-0.4, -0.2) is 20.5 Å². The Morgan fingerprint density at radius 3 is 2.36 bits per heavy atom. The zero-order chi connectivity index (χ0) is 19.7. The Bertz CT molecular complexity index is 1150. The minimum atomic E-state index is -0.488. The lowest BCUT2D eigenvalue weighted by molar-refractivity contribution is 0.0476. The van der Waals surface area contributed by atoms with Crippen LogP contribution in [0, 0.1) is 5.92 Å². The van der Waals surface area contributed by atoms with Crippen LogP contribution < -0.4 is 5.73 Å². The topological polar surface area (TPSA) is 83.0 Å². The summed E-state index contributed by atoms with van der Waals surface area (Å²) in [5.74, 6) is 0.190. The molecule has 0 aliphatic heterocycles. The van der Waals surface area contributed by atoms with Gasteiger partial charge in [0.05, 0.1) is 11.0 Å². The summed E-state index contributed by atoms with van der Waals surface area (Å²) in [5, 5.41) is 0. The maximum Gasteiger partial charge on any atom is 0.344 e. The van der Waals surface area contributed by atoms with Gasteiger partial charge in [-0.25, -0.2) is 14.8 Å². The van der Waals surface area contributed by atoms with Crippen molar-refractivity contribution in [3.05, 3.63) is 65.7 Å². The number of nitrogens with zero attached hydrogens (tertiary/aromatic N) is 3. The lowest BCUT2D eigenvalue weighted by Gasteiger charge is -2.10. The number of fused-ring (bicyclic) bond motifs is 2. The molecule has 6 heteroatoms. The zero-order valence-electron chi connectivity index (χ0n) is 15.9. The molecule has 4 aromatic rings. The second-order valence-electron chi connectivity index (χ2n) is 7.21. The van der Waals surface area contributed by atoms with Gasteiger partial charge in [0, 0.05) is 6.54 Å². The number of hydrogen-bond acceptors (Lipinski definition) is 5. The van der Waals surface area contributed by atoms with Crippen molar-refractivity contribution in [1.82, 2.24) is 14.5 Å². The van der Waals surface area contributed by atoms with Gasteiger partial charge in [-0.05, 0) is 23.6 Å². The van der Waals surface area contributed by atoms with E-state index in [1.807, 2.05) is 59.2 Å². The first kappa shape index (κ1) is 18.0. The number of rotatable bonds is 5. The number of aromatic nitrogens is 3. The molecule has 0 unspecified atom stereocenters. The second kappa shape index (κ2) is 7.31. The van der Waals surface area contributed by atoms with Crippen molar-refractivity contribution < 1.29 is 9.53 Å². The SMILES string of the molecule is CC(C)Cn1c(N)c(C(=O)OCc2ccccc2)c2nc3ccccc3nc21. The number of nitrogen functional groups attached to an aromatic ring is 1. The van der Waals surface area contributed by atoms with E-state index in [1.165, 1.54) is 0 Å². The Labute approximate surface area is 163 Å². The molecule has 0 fully saturated rings. The first-order valence-electron chi connectivity index (χ1n) is 9.30. The van der Waals surface area contributed by atoms with Crippen molar-refractivity contribution in [3.8, 4) is 0 Å². The Hall–Kier alpha value is -3.41. The smallest absolute Gasteiger partial charge is 0.344 e. The molecular formula is C22H22N4O2. The fourth-order valence-corrected chi connectivity index (χ4v) is 3.26. The monoisotopic (exact) mass is 374 g/mol. The molecule has 2 aromatic heterocycles. The third kappa shape index (κ3) is 3.29. The molecule has 0 atom stereocenters. The molecule has 0 aliphatic carbocycles. The summed E-state index contributed by atoms with van der Waals surface area (Å²) in [7, 11) is 0. The maximum absolute atomic E-state index is 12.9. The van der Waals surface area contributed by atoms with E-state index in [1.54, 1.807) is 0 Å². The van der Waals surface area contributed by atoms with E-state index in [0.29, 0.717) is 35.0 Å². The van der Waals surface area contributed by atoms with Gasteiger partial charge in [0.2, 0.25) is 0 Å². The predicted molar refractivity (Wildman–Crippen MR) is 110 cm³/mol. The summed E-state index contributed by atoms with van der Waals surface area (Å²) < 4.78 is 7.39. The van der Waals surface area contributed by atoms with E-state index >= 15 is 0 Å². The maximum atomic E-state index is 12.9. The van der Waals surface area contributed by atoms with Crippen molar-refractivity contribution in [2.75, 3.05) is 5.73 Å². The van der Waals surface area contributed by atoms with Gasteiger partial charge in [-0.1, -0.05) is 56.3 Å². The highest BCUT2D eigenvalue weighted by atomic mass is 16.5. The Morgan fingerprint density at radius 2 is 1.68 bits per heavy atom. The van der Waals surface area contributed by atoms with Crippen LogP contribution in [-0.2, 0) is 17.9 Å². The van der Waals surface area contributed by atoms with E-state index in [0.717, 1.165) is 11.1 Å². The van der Waals surface area contributed by atoms with Crippen molar-refractivity contribution in [3.63, 3.8) is 0 Å². The number of anilines is 1. The Morgan fingerprint density at radius 1 is 1.04 bits per heavy atom. The standard InChI is InChI=1S/C22H22N4O2/c1-14(2)12-26-20(23)18(22(27)28-13-15-8-4-3-5-9-15)19-21(26)25-17-11-7-6-10-16(17)24-19/h3-11,14H,12-13,23H2,1-2H3. The van der Waals surface area contributed by atoms with Crippen LogP contribution in [0.1, 0.15) is 29.8 Å². The fraction of sp³-hybridized carbons (Fsp3) is 0.227. The summed E-state index contributed by atoms with van der Waals surface area (Å²) in [5.41, 5.74) is 10.1. The molecule has 0 bridgehead atoms. The molecule has 2 N–H and O–H groups in total. The van der Waals surface area contributed by atoms with E-state index in [9.17, 15) is 4.79 Å². The van der Waals surface area contributed by atoms with Gasteiger partial charge < -0.3 is 15.0 Å². The van der Waals surface area contributed by atoms with Crippen LogP contribution in [0.3, 0.4) is 0 Å². The molecule has 142 valence electrons. The number of esters is 1. The van der Waals surface area contributed by atoms with Crippen LogP contribution in [0.25, 0.3) is 22.2 Å². The molecule has 2 heterocycles. The summed E-state index contributed by atoms with van der Waals surface area (Å²) in [6.07, 6.45) is 0.